The average Bonchev–Trinajstić information content (AvgIpc) is 3.23. The second kappa shape index (κ2) is 7.58. The second-order valence-corrected chi connectivity index (χ2v) is 9.06. The van der Waals surface area contributed by atoms with Crippen molar-refractivity contribution in [3.8, 4) is 17.3 Å². The number of ether oxygens (including phenoxy) is 1. The Balaban J connectivity index is 1.78. The van der Waals surface area contributed by atoms with E-state index in [0.717, 1.165) is 11.1 Å². The van der Waals surface area contributed by atoms with Crippen LogP contribution in [0.25, 0.3) is 22.4 Å². The number of cyclic esters (lactones) is 1. The molecular formula is C23H25N5O3. The number of imidazole rings is 1. The fraction of sp³-hybridized carbons (Fsp3) is 0.391. The summed E-state index contributed by atoms with van der Waals surface area (Å²) in [4.78, 5) is 30.9. The summed E-state index contributed by atoms with van der Waals surface area (Å²) in [6, 6.07) is 11.4. The lowest BCUT2D eigenvalue weighted by Gasteiger charge is -2.18. The number of nitriles is 1. The van der Waals surface area contributed by atoms with Gasteiger partial charge in [-0.25, -0.2) is 14.6 Å². The van der Waals surface area contributed by atoms with Crippen molar-refractivity contribution in [2.75, 3.05) is 13.2 Å². The highest BCUT2D eigenvalue weighted by molar-refractivity contribution is 5.78. The molecular weight excluding hydrogens is 394 g/mol. The van der Waals surface area contributed by atoms with Crippen LogP contribution < -0.4 is 5.69 Å². The molecule has 3 aromatic rings. The molecule has 1 aliphatic heterocycles. The van der Waals surface area contributed by atoms with Crippen LogP contribution in [0.15, 0.2) is 35.1 Å². The smallest absolute Gasteiger partial charge is 0.410 e. The number of carbonyl (C=O) groups excluding carboxylic acids is 1. The van der Waals surface area contributed by atoms with Gasteiger partial charge in [0.15, 0.2) is 5.65 Å². The molecule has 1 fully saturated rings. The molecule has 160 valence electrons. The van der Waals surface area contributed by atoms with Crippen molar-refractivity contribution in [2.24, 2.45) is 12.5 Å². The summed E-state index contributed by atoms with van der Waals surface area (Å²) in [5.41, 5.74) is 3.81. The topological polar surface area (TPSA) is 93.2 Å². The first-order valence-electron chi connectivity index (χ1n) is 10.2. The van der Waals surface area contributed by atoms with Gasteiger partial charge in [0.2, 0.25) is 0 Å². The summed E-state index contributed by atoms with van der Waals surface area (Å²) in [6.45, 7) is 8.17. The molecule has 2 aromatic heterocycles. The maximum atomic E-state index is 12.8. The molecule has 0 atom stereocenters. The quantitative estimate of drug-likeness (QED) is 0.647. The van der Waals surface area contributed by atoms with Gasteiger partial charge in [0.05, 0.1) is 29.4 Å². The third kappa shape index (κ3) is 3.91. The highest BCUT2D eigenvalue weighted by Crippen LogP contribution is 2.27. The van der Waals surface area contributed by atoms with Gasteiger partial charge in [0.25, 0.3) is 0 Å². The number of aromatic nitrogens is 3. The van der Waals surface area contributed by atoms with Crippen LogP contribution >= 0.6 is 0 Å². The van der Waals surface area contributed by atoms with Gasteiger partial charge in [-0.05, 0) is 35.2 Å². The molecule has 4 rings (SSSR count). The van der Waals surface area contributed by atoms with E-state index in [1.54, 1.807) is 27.1 Å². The third-order valence-corrected chi connectivity index (χ3v) is 5.31. The van der Waals surface area contributed by atoms with Crippen molar-refractivity contribution in [2.45, 2.75) is 33.9 Å². The minimum absolute atomic E-state index is 0.0597. The summed E-state index contributed by atoms with van der Waals surface area (Å²) >= 11 is 0. The molecule has 1 saturated heterocycles. The molecule has 0 N–H and O–H groups in total. The van der Waals surface area contributed by atoms with Gasteiger partial charge in [-0.1, -0.05) is 26.8 Å². The number of benzene rings is 1. The zero-order valence-corrected chi connectivity index (χ0v) is 18.2. The predicted octanol–water partition coefficient (Wildman–Crippen LogP) is 3.27. The molecule has 1 aromatic carbocycles. The Morgan fingerprint density at radius 3 is 2.61 bits per heavy atom. The highest BCUT2D eigenvalue weighted by atomic mass is 16.6. The number of carbonyl (C=O) groups is 1. The monoisotopic (exact) mass is 419 g/mol. The van der Waals surface area contributed by atoms with Gasteiger partial charge in [-0.2, -0.15) is 5.26 Å². The number of fused-ring (bicyclic) bond motifs is 1. The van der Waals surface area contributed by atoms with Gasteiger partial charge in [-0.15, -0.1) is 0 Å². The maximum absolute atomic E-state index is 12.8. The van der Waals surface area contributed by atoms with E-state index in [2.05, 4.69) is 26.8 Å². The van der Waals surface area contributed by atoms with Gasteiger partial charge in [0.1, 0.15) is 6.61 Å². The number of aryl methyl sites for hydroxylation is 1. The highest BCUT2D eigenvalue weighted by Gasteiger charge is 2.23. The van der Waals surface area contributed by atoms with Crippen molar-refractivity contribution in [3.63, 3.8) is 0 Å². The predicted molar refractivity (Wildman–Crippen MR) is 116 cm³/mol. The largest absolute Gasteiger partial charge is 0.448 e. The number of amides is 1. The fourth-order valence-electron chi connectivity index (χ4n) is 3.84. The molecule has 0 bridgehead atoms. The molecule has 0 unspecified atom stereocenters. The first-order valence-corrected chi connectivity index (χ1v) is 10.2. The maximum Gasteiger partial charge on any atom is 0.410 e. The Morgan fingerprint density at radius 1 is 1.19 bits per heavy atom. The first kappa shape index (κ1) is 20.7. The van der Waals surface area contributed by atoms with Gasteiger partial charge < -0.3 is 9.64 Å². The van der Waals surface area contributed by atoms with E-state index in [9.17, 15) is 14.9 Å². The van der Waals surface area contributed by atoms with E-state index in [1.807, 2.05) is 24.3 Å². The molecule has 0 aliphatic carbocycles. The SMILES string of the molecule is Cn1c(=O)n(CC(C)(C)C)c2ccc(-c3cc(CN4CCOC4=O)ccc3C#N)nc21. The molecule has 1 amide bonds. The zero-order valence-electron chi connectivity index (χ0n) is 18.2. The Kier molecular flexibility index (Phi) is 5.05. The van der Waals surface area contributed by atoms with Crippen LogP contribution in [0, 0.1) is 16.7 Å². The Hall–Kier alpha value is -3.60. The number of pyridine rings is 1. The van der Waals surface area contributed by atoms with Crippen LogP contribution in [-0.4, -0.2) is 38.3 Å². The van der Waals surface area contributed by atoms with E-state index < -0.39 is 0 Å². The van der Waals surface area contributed by atoms with E-state index in [4.69, 9.17) is 9.72 Å². The minimum Gasteiger partial charge on any atom is -0.448 e. The summed E-state index contributed by atoms with van der Waals surface area (Å²) in [6.07, 6.45) is -0.333. The van der Waals surface area contributed by atoms with Crippen LogP contribution in [0.2, 0.25) is 0 Å². The van der Waals surface area contributed by atoms with Crippen LogP contribution in [-0.2, 0) is 24.9 Å². The van der Waals surface area contributed by atoms with Crippen LogP contribution in [0.4, 0.5) is 4.79 Å². The number of hydrogen-bond donors (Lipinski definition) is 0. The standard InChI is InChI=1S/C23H25N5O3/c1-23(2,3)14-28-19-8-7-18(25-20(19)26(4)21(28)29)17-11-15(5-6-16(17)12-24)13-27-9-10-31-22(27)30/h5-8,11H,9-10,13-14H2,1-4H3. The van der Waals surface area contributed by atoms with Crippen LogP contribution in [0.1, 0.15) is 31.9 Å². The minimum atomic E-state index is -0.333. The molecule has 8 heteroatoms. The van der Waals surface area contributed by atoms with E-state index in [0.29, 0.717) is 48.7 Å². The van der Waals surface area contributed by atoms with Crippen molar-refractivity contribution in [1.82, 2.24) is 19.0 Å². The lowest BCUT2D eigenvalue weighted by molar-refractivity contribution is 0.157. The van der Waals surface area contributed by atoms with Crippen molar-refractivity contribution >= 4 is 17.3 Å². The second-order valence-electron chi connectivity index (χ2n) is 9.06. The summed E-state index contributed by atoms with van der Waals surface area (Å²) in [5.74, 6) is 0. The Labute approximate surface area is 180 Å². The van der Waals surface area contributed by atoms with Crippen molar-refractivity contribution < 1.29 is 9.53 Å². The normalized spacial score (nSPS) is 14.2. The van der Waals surface area contributed by atoms with Gasteiger partial charge in [0, 0.05) is 25.7 Å². The molecule has 0 radical (unpaired) electrons. The summed E-state index contributed by atoms with van der Waals surface area (Å²) in [7, 11) is 1.71. The third-order valence-electron chi connectivity index (χ3n) is 5.31. The summed E-state index contributed by atoms with van der Waals surface area (Å²) < 4.78 is 8.28. The van der Waals surface area contributed by atoms with Gasteiger partial charge in [-0.3, -0.25) is 9.13 Å². The fourth-order valence-corrected chi connectivity index (χ4v) is 3.84. The van der Waals surface area contributed by atoms with E-state index in [-0.39, 0.29) is 17.2 Å². The lowest BCUT2D eigenvalue weighted by Crippen LogP contribution is -2.27. The number of nitrogens with zero attached hydrogens (tertiary/aromatic N) is 5. The van der Waals surface area contributed by atoms with E-state index in [1.165, 1.54) is 0 Å². The number of rotatable bonds is 4. The molecule has 31 heavy (non-hydrogen) atoms. The number of hydrogen-bond acceptors (Lipinski definition) is 5. The molecule has 3 heterocycles. The van der Waals surface area contributed by atoms with Gasteiger partial charge >= 0.3 is 11.8 Å². The van der Waals surface area contributed by atoms with E-state index >= 15 is 0 Å². The van der Waals surface area contributed by atoms with Crippen LogP contribution in [0.3, 0.4) is 0 Å². The average molecular weight is 419 g/mol. The molecule has 1 aliphatic rings. The molecule has 0 spiro atoms. The Morgan fingerprint density at radius 2 is 1.97 bits per heavy atom. The zero-order chi connectivity index (χ0) is 22.3. The molecule has 8 nitrogen and oxygen atoms in total. The van der Waals surface area contributed by atoms with Crippen LogP contribution in [0.5, 0.6) is 0 Å². The first-order chi connectivity index (χ1) is 14.7. The molecule has 0 saturated carbocycles. The lowest BCUT2D eigenvalue weighted by atomic mass is 9.97. The Bertz CT molecular complexity index is 1270. The van der Waals surface area contributed by atoms with Crippen molar-refractivity contribution in [3.05, 3.63) is 51.9 Å². The van der Waals surface area contributed by atoms with Crippen molar-refractivity contribution in [1.29, 1.82) is 5.26 Å². The summed E-state index contributed by atoms with van der Waals surface area (Å²) in [5, 5.41) is 9.62.